The summed E-state index contributed by atoms with van der Waals surface area (Å²) in [6, 6.07) is 8.86. The van der Waals surface area contributed by atoms with Crippen molar-refractivity contribution < 1.29 is 18.7 Å². The highest BCUT2D eigenvalue weighted by atomic mass is 16.7. The van der Waals surface area contributed by atoms with Crippen LogP contribution >= 0.6 is 0 Å². The number of hydrazone groups is 1. The maximum Gasteiger partial charge on any atom is 0.259 e. The molecule has 0 unspecified atom stereocenters. The number of hydrogen-bond donors (Lipinski definition) is 2. The van der Waals surface area contributed by atoms with Crippen LogP contribution in [0.25, 0.3) is 0 Å². The van der Waals surface area contributed by atoms with Gasteiger partial charge < -0.3 is 19.2 Å². The molecule has 0 radical (unpaired) electrons. The number of carbonyl (C=O) groups excluding carboxylic acids is 1. The smallest absolute Gasteiger partial charge is 0.259 e. The van der Waals surface area contributed by atoms with Crippen molar-refractivity contribution in [3.05, 3.63) is 42.4 Å². The molecule has 1 aliphatic heterocycles. The van der Waals surface area contributed by atoms with E-state index in [2.05, 4.69) is 15.8 Å². The van der Waals surface area contributed by atoms with Gasteiger partial charge in [0.2, 0.25) is 6.79 Å². The maximum absolute atomic E-state index is 11.6. The summed E-state index contributed by atoms with van der Waals surface area (Å²) in [5, 5.41) is 6.75. The summed E-state index contributed by atoms with van der Waals surface area (Å²) in [5.74, 6) is 1.67. The van der Waals surface area contributed by atoms with Crippen LogP contribution in [0.1, 0.15) is 5.76 Å². The quantitative estimate of drug-likeness (QED) is 0.644. The van der Waals surface area contributed by atoms with Gasteiger partial charge >= 0.3 is 0 Å². The van der Waals surface area contributed by atoms with Crippen LogP contribution in [-0.2, 0) is 4.79 Å². The van der Waals surface area contributed by atoms with Crippen molar-refractivity contribution >= 4 is 17.8 Å². The standard InChI is InChI=1S/C14H13N3O4/c18-14(17-16-7-11-2-1-5-19-11)8-15-10-3-4-12-13(6-10)21-9-20-12/h1-7,15H,8-9H2,(H,17,18). The molecule has 1 aromatic carbocycles. The number of furan rings is 1. The van der Waals surface area contributed by atoms with Gasteiger partial charge in [0, 0.05) is 11.8 Å². The fourth-order valence-corrected chi connectivity index (χ4v) is 1.76. The molecular formula is C14H13N3O4. The first-order chi connectivity index (χ1) is 10.3. The predicted octanol–water partition coefficient (Wildman–Crippen LogP) is 1.57. The SMILES string of the molecule is O=C(CNc1ccc2c(c1)OCO2)NN=Cc1ccco1. The van der Waals surface area contributed by atoms with E-state index in [9.17, 15) is 4.79 Å². The van der Waals surface area contributed by atoms with Crippen LogP contribution in [0.4, 0.5) is 5.69 Å². The number of ether oxygens (including phenoxy) is 2. The van der Waals surface area contributed by atoms with Crippen molar-refractivity contribution in [3.63, 3.8) is 0 Å². The zero-order chi connectivity index (χ0) is 14.5. The van der Waals surface area contributed by atoms with Gasteiger partial charge in [-0.25, -0.2) is 5.43 Å². The monoisotopic (exact) mass is 287 g/mol. The van der Waals surface area contributed by atoms with Crippen molar-refractivity contribution in [1.29, 1.82) is 0 Å². The molecule has 0 aliphatic carbocycles. The van der Waals surface area contributed by atoms with Crippen LogP contribution in [0.5, 0.6) is 11.5 Å². The zero-order valence-electron chi connectivity index (χ0n) is 11.0. The van der Waals surface area contributed by atoms with Gasteiger partial charge in [-0.1, -0.05) is 0 Å². The van der Waals surface area contributed by atoms with Crippen LogP contribution in [0.15, 0.2) is 46.1 Å². The first kappa shape index (κ1) is 13.0. The van der Waals surface area contributed by atoms with Crippen LogP contribution in [0, 0.1) is 0 Å². The number of nitrogens with one attached hydrogen (secondary N) is 2. The summed E-state index contributed by atoms with van der Waals surface area (Å²) < 4.78 is 15.5. The minimum absolute atomic E-state index is 0.0924. The van der Waals surface area contributed by atoms with E-state index >= 15 is 0 Å². The lowest BCUT2D eigenvalue weighted by atomic mass is 10.3. The lowest BCUT2D eigenvalue weighted by Gasteiger charge is -2.05. The molecule has 1 aliphatic rings. The third-order valence-electron chi connectivity index (χ3n) is 2.75. The minimum atomic E-state index is -0.268. The normalized spacial score (nSPS) is 12.6. The van der Waals surface area contributed by atoms with E-state index in [4.69, 9.17) is 13.9 Å². The number of fused-ring (bicyclic) bond motifs is 1. The van der Waals surface area contributed by atoms with Gasteiger partial charge in [-0.15, -0.1) is 0 Å². The highest BCUT2D eigenvalue weighted by Crippen LogP contribution is 2.34. The summed E-state index contributed by atoms with van der Waals surface area (Å²) in [4.78, 5) is 11.6. The second-order valence-electron chi connectivity index (χ2n) is 4.23. The molecule has 7 heteroatoms. The average molecular weight is 287 g/mol. The van der Waals surface area contributed by atoms with E-state index in [1.54, 1.807) is 24.3 Å². The predicted molar refractivity (Wildman–Crippen MR) is 75.5 cm³/mol. The van der Waals surface area contributed by atoms with Crippen molar-refractivity contribution in [3.8, 4) is 11.5 Å². The fraction of sp³-hybridized carbons (Fsp3) is 0.143. The van der Waals surface area contributed by atoms with Crippen molar-refractivity contribution in [2.24, 2.45) is 5.10 Å². The van der Waals surface area contributed by atoms with Crippen LogP contribution in [0.3, 0.4) is 0 Å². The Morgan fingerprint density at radius 2 is 2.19 bits per heavy atom. The summed E-state index contributed by atoms with van der Waals surface area (Å²) in [6.07, 6.45) is 2.96. The molecule has 0 saturated carbocycles. The molecule has 0 fully saturated rings. The first-order valence-corrected chi connectivity index (χ1v) is 6.30. The molecule has 0 atom stereocenters. The van der Waals surface area contributed by atoms with Crippen LogP contribution in [-0.4, -0.2) is 25.5 Å². The average Bonchev–Trinajstić information content (AvgIpc) is 3.15. The van der Waals surface area contributed by atoms with Crippen molar-refractivity contribution in [2.75, 3.05) is 18.7 Å². The molecule has 2 heterocycles. The Hall–Kier alpha value is -2.96. The largest absolute Gasteiger partial charge is 0.463 e. The number of hydrogen-bond acceptors (Lipinski definition) is 6. The molecule has 0 saturated heterocycles. The molecule has 2 N–H and O–H groups in total. The zero-order valence-corrected chi connectivity index (χ0v) is 11.0. The van der Waals surface area contributed by atoms with Gasteiger partial charge in [-0.3, -0.25) is 4.79 Å². The third-order valence-corrected chi connectivity index (χ3v) is 2.75. The second kappa shape index (κ2) is 6.00. The fourth-order valence-electron chi connectivity index (χ4n) is 1.76. The van der Waals surface area contributed by atoms with Gasteiger partial charge in [0.15, 0.2) is 11.5 Å². The number of rotatable bonds is 5. The molecule has 2 aromatic rings. The van der Waals surface area contributed by atoms with E-state index in [0.717, 1.165) is 5.69 Å². The molecule has 1 amide bonds. The van der Waals surface area contributed by atoms with Gasteiger partial charge in [-0.05, 0) is 24.3 Å². The van der Waals surface area contributed by atoms with E-state index in [-0.39, 0.29) is 19.2 Å². The highest BCUT2D eigenvalue weighted by molar-refractivity contribution is 5.83. The molecule has 7 nitrogen and oxygen atoms in total. The number of nitrogens with zero attached hydrogens (tertiary/aromatic N) is 1. The molecule has 21 heavy (non-hydrogen) atoms. The van der Waals surface area contributed by atoms with Gasteiger partial charge in [0.1, 0.15) is 5.76 Å². The maximum atomic E-state index is 11.6. The summed E-state index contributed by atoms with van der Waals surface area (Å²) in [6.45, 7) is 0.315. The van der Waals surface area contributed by atoms with Crippen molar-refractivity contribution in [1.82, 2.24) is 5.43 Å². The lowest BCUT2D eigenvalue weighted by Crippen LogP contribution is -2.25. The molecule has 0 spiro atoms. The van der Waals surface area contributed by atoms with Gasteiger partial charge in [0.25, 0.3) is 5.91 Å². The number of anilines is 1. The second-order valence-corrected chi connectivity index (χ2v) is 4.23. The van der Waals surface area contributed by atoms with Gasteiger partial charge in [0.05, 0.1) is 19.0 Å². The summed E-state index contributed by atoms with van der Waals surface area (Å²) in [7, 11) is 0. The van der Waals surface area contributed by atoms with E-state index in [1.165, 1.54) is 12.5 Å². The number of benzene rings is 1. The number of amides is 1. The first-order valence-electron chi connectivity index (χ1n) is 6.30. The Morgan fingerprint density at radius 3 is 3.05 bits per heavy atom. The summed E-state index contributed by atoms with van der Waals surface area (Å²) >= 11 is 0. The van der Waals surface area contributed by atoms with Gasteiger partial charge in [-0.2, -0.15) is 5.10 Å². The molecule has 1 aromatic heterocycles. The highest BCUT2D eigenvalue weighted by Gasteiger charge is 2.13. The molecule has 0 bridgehead atoms. The molecular weight excluding hydrogens is 274 g/mol. The summed E-state index contributed by atoms with van der Waals surface area (Å²) in [5.41, 5.74) is 3.16. The third kappa shape index (κ3) is 3.33. The Kier molecular flexibility index (Phi) is 3.72. The number of carbonyl (C=O) groups is 1. The Bertz CT molecular complexity index is 652. The van der Waals surface area contributed by atoms with Crippen molar-refractivity contribution in [2.45, 2.75) is 0 Å². The Balaban J connectivity index is 1.47. The Morgan fingerprint density at radius 1 is 1.29 bits per heavy atom. The van der Waals surface area contributed by atoms with E-state index in [0.29, 0.717) is 17.3 Å². The molecule has 3 rings (SSSR count). The molecule has 108 valence electrons. The van der Waals surface area contributed by atoms with E-state index in [1.807, 2.05) is 6.07 Å². The topological polar surface area (TPSA) is 85.1 Å². The Labute approximate surface area is 120 Å². The lowest BCUT2D eigenvalue weighted by molar-refractivity contribution is -0.119. The van der Waals surface area contributed by atoms with Crippen LogP contribution in [0.2, 0.25) is 0 Å². The van der Waals surface area contributed by atoms with Crippen LogP contribution < -0.4 is 20.2 Å². The van der Waals surface area contributed by atoms with E-state index < -0.39 is 0 Å². The minimum Gasteiger partial charge on any atom is -0.463 e.